The molecule has 0 radical (unpaired) electrons. The SMILES string of the molecule is Cc1cnc(COc2cc3[nH]c(COC(N)=O)cc3cc2Cl)o1. The molecule has 0 fully saturated rings. The molecule has 0 aliphatic rings. The third kappa shape index (κ3) is 3.57. The Hall–Kier alpha value is -2.67. The third-order valence-electron chi connectivity index (χ3n) is 3.12. The highest BCUT2D eigenvalue weighted by molar-refractivity contribution is 6.32. The smallest absolute Gasteiger partial charge is 0.404 e. The van der Waals surface area contributed by atoms with Gasteiger partial charge in [-0.15, -0.1) is 0 Å². The molecule has 1 amide bonds. The summed E-state index contributed by atoms with van der Waals surface area (Å²) in [5.74, 6) is 1.69. The number of H-pyrrole nitrogens is 1. The Kier molecular flexibility index (Phi) is 4.12. The lowest BCUT2D eigenvalue weighted by Gasteiger charge is -2.06. The number of carbonyl (C=O) groups excluding carboxylic acids is 1. The van der Waals surface area contributed by atoms with Crippen LogP contribution in [-0.4, -0.2) is 16.1 Å². The van der Waals surface area contributed by atoms with Crippen LogP contribution in [-0.2, 0) is 18.0 Å². The number of halogens is 1. The number of benzene rings is 1. The van der Waals surface area contributed by atoms with Crippen molar-refractivity contribution in [1.29, 1.82) is 0 Å². The molecule has 0 unspecified atom stereocenters. The van der Waals surface area contributed by atoms with Crippen LogP contribution in [0.3, 0.4) is 0 Å². The standard InChI is InChI=1S/C15H14ClN3O4/c1-8-5-18-14(23-8)7-21-13-4-12-9(3-11(13)16)2-10(19-12)6-22-15(17)20/h2-5,19H,6-7H2,1H3,(H2,17,20). The van der Waals surface area contributed by atoms with Crippen molar-refractivity contribution in [3.05, 3.63) is 46.8 Å². The average Bonchev–Trinajstić information content (AvgIpc) is 3.08. The second-order valence-corrected chi connectivity index (χ2v) is 5.33. The monoisotopic (exact) mass is 335 g/mol. The Bertz CT molecular complexity index is 856. The van der Waals surface area contributed by atoms with E-state index in [9.17, 15) is 4.79 Å². The second kappa shape index (κ2) is 6.21. The van der Waals surface area contributed by atoms with Gasteiger partial charge in [0.05, 0.1) is 16.9 Å². The summed E-state index contributed by atoms with van der Waals surface area (Å²) in [6, 6.07) is 5.35. The number of fused-ring (bicyclic) bond motifs is 1. The second-order valence-electron chi connectivity index (χ2n) is 4.93. The summed E-state index contributed by atoms with van der Waals surface area (Å²) in [5, 5.41) is 1.33. The first-order chi connectivity index (χ1) is 11.0. The molecule has 3 aromatic rings. The first kappa shape index (κ1) is 15.2. The highest BCUT2D eigenvalue weighted by Gasteiger charge is 2.10. The molecule has 23 heavy (non-hydrogen) atoms. The summed E-state index contributed by atoms with van der Waals surface area (Å²) in [6.45, 7) is 2.05. The predicted molar refractivity (Wildman–Crippen MR) is 83.3 cm³/mol. The van der Waals surface area contributed by atoms with E-state index in [1.54, 1.807) is 18.3 Å². The summed E-state index contributed by atoms with van der Waals surface area (Å²) in [4.78, 5) is 17.8. The maximum absolute atomic E-state index is 10.6. The zero-order valence-corrected chi connectivity index (χ0v) is 13.0. The summed E-state index contributed by atoms with van der Waals surface area (Å²) in [5.41, 5.74) is 6.45. The van der Waals surface area contributed by atoms with Gasteiger partial charge in [-0.05, 0) is 19.1 Å². The predicted octanol–water partition coefficient (Wildman–Crippen LogP) is 3.29. The average molecular weight is 336 g/mol. The Labute approximate surface area is 136 Å². The van der Waals surface area contributed by atoms with Crippen molar-refractivity contribution in [3.8, 4) is 5.75 Å². The largest absolute Gasteiger partial charge is 0.482 e. The van der Waals surface area contributed by atoms with Gasteiger partial charge in [0.25, 0.3) is 0 Å². The fourth-order valence-electron chi connectivity index (χ4n) is 2.14. The number of nitrogens with two attached hydrogens (primary N) is 1. The van der Waals surface area contributed by atoms with E-state index in [4.69, 9.17) is 31.2 Å². The normalized spacial score (nSPS) is 10.9. The van der Waals surface area contributed by atoms with E-state index >= 15 is 0 Å². The minimum Gasteiger partial charge on any atom is -0.482 e. The fourth-order valence-corrected chi connectivity index (χ4v) is 2.36. The molecule has 0 atom stereocenters. The van der Waals surface area contributed by atoms with Gasteiger partial charge >= 0.3 is 6.09 Å². The molecule has 2 aromatic heterocycles. The molecule has 0 aliphatic carbocycles. The topological polar surface area (TPSA) is 103 Å². The van der Waals surface area contributed by atoms with Crippen LogP contribution in [0.15, 0.2) is 28.8 Å². The van der Waals surface area contributed by atoms with Crippen molar-refractivity contribution < 1.29 is 18.7 Å². The number of aromatic nitrogens is 2. The number of amides is 1. The van der Waals surface area contributed by atoms with Gasteiger partial charge in [0.1, 0.15) is 18.1 Å². The molecule has 8 heteroatoms. The van der Waals surface area contributed by atoms with E-state index in [1.165, 1.54) is 0 Å². The Morgan fingerprint density at radius 2 is 2.22 bits per heavy atom. The van der Waals surface area contributed by atoms with Gasteiger partial charge in [-0.2, -0.15) is 0 Å². The van der Waals surface area contributed by atoms with Crippen LogP contribution in [0.25, 0.3) is 10.9 Å². The van der Waals surface area contributed by atoms with E-state index in [-0.39, 0.29) is 13.2 Å². The van der Waals surface area contributed by atoms with Crippen molar-refractivity contribution in [2.75, 3.05) is 0 Å². The number of nitrogens with one attached hydrogen (secondary N) is 1. The van der Waals surface area contributed by atoms with Gasteiger partial charge in [-0.25, -0.2) is 9.78 Å². The van der Waals surface area contributed by atoms with Crippen LogP contribution in [0.2, 0.25) is 5.02 Å². The van der Waals surface area contributed by atoms with Crippen LogP contribution in [0, 0.1) is 6.92 Å². The molecule has 3 rings (SSSR count). The molecule has 0 bridgehead atoms. The first-order valence-corrected chi connectivity index (χ1v) is 7.16. The van der Waals surface area contributed by atoms with Gasteiger partial charge in [0.2, 0.25) is 5.89 Å². The molecule has 0 saturated carbocycles. The van der Waals surface area contributed by atoms with Crippen LogP contribution in [0.5, 0.6) is 5.75 Å². The van der Waals surface area contributed by atoms with Crippen LogP contribution < -0.4 is 10.5 Å². The molecular weight excluding hydrogens is 322 g/mol. The summed E-state index contributed by atoms with van der Waals surface area (Å²) in [7, 11) is 0. The zero-order chi connectivity index (χ0) is 16.4. The molecule has 3 N–H and O–H groups in total. The summed E-state index contributed by atoms with van der Waals surface area (Å²) in [6.07, 6.45) is 0.798. The lowest BCUT2D eigenvalue weighted by Crippen LogP contribution is -2.12. The van der Waals surface area contributed by atoms with E-state index in [1.807, 2.05) is 13.0 Å². The van der Waals surface area contributed by atoms with Gasteiger partial charge in [0.15, 0.2) is 6.61 Å². The van der Waals surface area contributed by atoms with Crippen LogP contribution >= 0.6 is 11.6 Å². The Balaban J connectivity index is 1.77. The first-order valence-electron chi connectivity index (χ1n) is 6.79. The van der Waals surface area contributed by atoms with Crippen molar-refractivity contribution in [3.63, 3.8) is 0 Å². The van der Waals surface area contributed by atoms with Gasteiger partial charge in [-0.1, -0.05) is 11.6 Å². The minimum absolute atomic E-state index is 0.0629. The number of nitrogens with zero attached hydrogens (tertiary/aromatic N) is 1. The van der Waals surface area contributed by atoms with Crippen molar-refractivity contribution in [2.24, 2.45) is 5.73 Å². The molecule has 2 heterocycles. The number of hydrogen-bond acceptors (Lipinski definition) is 5. The number of ether oxygens (including phenoxy) is 2. The lowest BCUT2D eigenvalue weighted by atomic mass is 10.2. The molecule has 0 spiro atoms. The molecule has 7 nitrogen and oxygen atoms in total. The molecule has 120 valence electrons. The fraction of sp³-hybridized carbons (Fsp3) is 0.200. The minimum atomic E-state index is -0.827. The highest BCUT2D eigenvalue weighted by Crippen LogP contribution is 2.31. The number of aromatic amines is 1. The van der Waals surface area contributed by atoms with Crippen molar-refractivity contribution in [2.45, 2.75) is 20.1 Å². The highest BCUT2D eigenvalue weighted by atomic mass is 35.5. The van der Waals surface area contributed by atoms with Crippen molar-refractivity contribution >= 4 is 28.6 Å². The number of primary amides is 1. The van der Waals surface area contributed by atoms with Gasteiger partial charge in [0, 0.05) is 17.0 Å². The number of rotatable bonds is 5. The molecular formula is C15H14ClN3O4. The number of hydrogen-bond donors (Lipinski definition) is 2. The van der Waals surface area contributed by atoms with Gasteiger partial charge < -0.3 is 24.6 Å². The number of oxazole rings is 1. The van der Waals surface area contributed by atoms with Crippen molar-refractivity contribution in [1.82, 2.24) is 9.97 Å². The maximum atomic E-state index is 10.6. The number of aryl methyl sites for hydroxylation is 1. The Morgan fingerprint density at radius 3 is 2.91 bits per heavy atom. The zero-order valence-electron chi connectivity index (χ0n) is 12.3. The van der Waals surface area contributed by atoms with Crippen LogP contribution in [0.4, 0.5) is 4.79 Å². The number of carbonyl (C=O) groups is 1. The van der Waals surface area contributed by atoms with E-state index in [2.05, 4.69) is 9.97 Å². The van der Waals surface area contributed by atoms with E-state index in [0.29, 0.717) is 28.1 Å². The van der Waals surface area contributed by atoms with E-state index < -0.39 is 6.09 Å². The third-order valence-corrected chi connectivity index (χ3v) is 3.41. The maximum Gasteiger partial charge on any atom is 0.404 e. The quantitative estimate of drug-likeness (QED) is 0.744. The summed E-state index contributed by atoms with van der Waals surface area (Å²) < 4.78 is 15.7. The van der Waals surface area contributed by atoms with Gasteiger partial charge in [-0.3, -0.25) is 0 Å². The molecule has 0 aliphatic heterocycles. The molecule has 1 aromatic carbocycles. The van der Waals surface area contributed by atoms with Crippen LogP contribution in [0.1, 0.15) is 17.3 Å². The summed E-state index contributed by atoms with van der Waals surface area (Å²) >= 11 is 6.22. The molecule has 0 saturated heterocycles. The Morgan fingerprint density at radius 1 is 1.39 bits per heavy atom. The van der Waals surface area contributed by atoms with E-state index in [0.717, 1.165) is 10.9 Å². The lowest BCUT2D eigenvalue weighted by molar-refractivity contribution is 0.149.